The lowest BCUT2D eigenvalue weighted by Gasteiger charge is -2.34. The van der Waals surface area contributed by atoms with E-state index in [0.717, 1.165) is 29.0 Å². The number of anilines is 1. The molecule has 0 aliphatic carbocycles. The van der Waals surface area contributed by atoms with Crippen molar-refractivity contribution >= 4 is 43.4 Å². The number of nitrogens with zero attached hydrogens (tertiary/aromatic N) is 5. The normalized spacial score (nSPS) is 18.9. The van der Waals surface area contributed by atoms with Gasteiger partial charge in [0.2, 0.25) is 10.0 Å². The van der Waals surface area contributed by atoms with Gasteiger partial charge in [0.25, 0.3) is 0 Å². The van der Waals surface area contributed by atoms with E-state index in [-0.39, 0.29) is 12.5 Å². The molecule has 0 bridgehead atoms. The molecule has 0 spiro atoms. The highest BCUT2D eigenvalue weighted by Gasteiger charge is 2.29. The first-order chi connectivity index (χ1) is 14.5. The molecule has 0 saturated carbocycles. The van der Waals surface area contributed by atoms with E-state index in [1.54, 1.807) is 17.7 Å². The highest BCUT2D eigenvalue weighted by atomic mass is 32.2. The lowest BCUT2D eigenvalue weighted by Crippen LogP contribution is -2.48. The lowest BCUT2D eigenvalue weighted by molar-refractivity contribution is -0.156. The van der Waals surface area contributed by atoms with Crippen molar-refractivity contribution in [3.63, 3.8) is 0 Å². The Kier molecular flexibility index (Phi) is 5.97. The summed E-state index contributed by atoms with van der Waals surface area (Å²) in [6.07, 6.45) is 3.66. The highest BCUT2D eigenvalue weighted by molar-refractivity contribution is 7.88. The van der Waals surface area contributed by atoms with E-state index in [9.17, 15) is 13.2 Å². The van der Waals surface area contributed by atoms with Gasteiger partial charge in [-0.3, -0.25) is 9.69 Å². The number of piperazine rings is 1. The number of hydrogen-bond donors (Lipinski definition) is 0. The number of ether oxygens (including phenoxy) is 1. The molecule has 0 radical (unpaired) electrons. The predicted molar refractivity (Wildman–Crippen MR) is 121 cm³/mol. The molecule has 0 unspecified atom stereocenters. The van der Waals surface area contributed by atoms with E-state index in [2.05, 4.69) is 19.8 Å². The van der Waals surface area contributed by atoms with Crippen LogP contribution in [-0.2, 0) is 32.5 Å². The summed E-state index contributed by atoms with van der Waals surface area (Å²) in [6.45, 7) is 9.50. The number of fused-ring (bicyclic) bond motifs is 3. The maximum Gasteiger partial charge on any atom is 0.320 e. The maximum absolute atomic E-state index is 12.2. The van der Waals surface area contributed by atoms with Gasteiger partial charge in [-0.15, -0.1) is 11.3 Å². The van der Waals surface area contributed by atoms with Crippen LogP contribution in [0, 0.1) is 0 Å². The number of hydrogen-bond acceptors (Lipinski definition) is 9. The number of carbonyl (C=O) groups excluding carboxylic acids is 1. The van der Waals surface area contributed by atoms with Crippen molar-refractivity contribution in [1.29, 1.82) is 0 Å². The number of thiophene rings is 1. The van der Waals surface area contributed by atoms with Gasteiger partial charge in [-0.2, -0.15) is 4.31 Å². The minimum absolute atomic E-state index is 0.207. The van der Waals surface area contributed by atoms with Crippen LogP contribution >= 0.6 is 11.3 Å². The molecule has 2 aromatic rings. The molecule has 2 aliphatic heterocycles. The van der Waals surface area contributed by atoms with E-state index >= 15 is 0 Å². The smallest absolute Gasteiger partial charge is 0.320 e. The summed E-state index contributed by atoms with van der Waals surface area (Å²) in [5.74, 6) is 0.678. The Morgan fingerprint density at radius 1 is 1.16 bits per heavy atom. The number of aromatic nitrogens is 2. The Morgan fingerprint density at radius 3 is 2.52 bits per heavy atom. The molecule has 2 aromatic heterocycles. The van der Waals surface area contributed by atoms with Gasteiger partial charge in [0.1, 0.15) is 22.6 Å². The van der Waals surface area contributed by atoms with Gasteiger partial charge >= 0.3 is 5.97 Å². The van der Waals surface area contributed by atoms with Gasteiger partial charge in [-0.1, -0.05) is 0 Å². The van der Waals surface area contributed by atoms with E-state index in [1.165, 1.54) is 21.0 Å². The fraction of sp³-hybridized carbons (Fsp3) is 0.650. The Hall–Kier alpha value is -1.82. The molecular weight excluding hydrogens is 438 g/mol. The molecule has 1 saturated heterocycles. The second-order valence-corrected chi connectivity index (χ2v) is 12.1. The van der Waals surface area contributed by atoms with E-state index in [1.807, 2.05) is 20.8 Å². The van der Waals surface area contributed by atoms with Crippen molar-refractivity contribution in [2.75, 3.05) is 50.4 Å². The van der Waals surface area contributed by atoms with Crippen molar-refractivity contribution in [1.82, 2.24) is 19.2 Å². The molecule has 2 aliphatic rings. The molecule has 4 rings (SSSR count). The average Bonchev–Trinajstić information content (AvgIpc) is 3.03. The molecule has 11 heteroatoms. The van der Waals surface area contributed by atoms with E-state index in [4.69, 9.17) is 4.74 Å². The first kappa shape index (κ1) is 22.4. The zero-order chi connectivity index (χ0) is 22.4. The van der Waals surface area contributed by atoms with E-state index in [0.29, 0.717) is 32.7 Å². The molecule has 1 fully saturated rings. The van der Waals surface area contributed by atoms with Crippen LogP contribution in [0.3, 0.4) is 0 Å². The van der Waals surface area contributed by atoms with Gasteiger partial charge in [0.15, 0.2) is 0 Å². The van der Waals surface area contributed by atoms with Gasteiger partial charge in [-0.05, 0) is 32.8 Å². The number of sulfonamides is 1. The number of esters is 1. The van der Waals surface area contributed by atoms with Crippen molar-refractivity contribution in [2.24, 2.45) is 0 Å². The summed E-state index contributed by atoms with van der Waals surface area (Å²) in [6, 6.07) is 0. The van der Waals surface area contributed by atoms with Gasteiger partial charge in [-0.25, -0.2) is 18.4 Å². The Balaban J connectivity index is 1.53. The molecule has 0 aromatic carbocycles. The van der Waals surface area contributed by atoms with Gasteiger partial charge in [0, 0.05) is 44.1 Å². The fourth-order valence-electron chi connectivity index (χ4n) is 4.13. The lowest BCUT2D eigenvalue weighted by atomic mass is 10.0. The zero-order valence-electron chi connectivity index (χ0n) is 18.4. The summed E-state index contributed by atoms with van der Waals surface area (Å²) in [5, 5.41) is 1.08. The SMILES string of the molecule is CC(C)(C)OC(=O)CN1CCc2c(sc3ncnc(N4CCN(S(C)(=O)=O)CC4)c23)C1. The fourth-order valence-corrected chi connectivity index (χ4v) is 6.18. The topological polar surface area (TPSA) is 95.9 Å². The summed E-state index contributed by atoms with van der Waals surface area (Å²) in [5.41, 5.74) is 0.767. The third kappa shape index (κ3) is 5.00. The molecule has 0 atom stereocenters. The minimum Gasteiger partial charge on any atom is -0.459 e. The molecule has 0 N–H and O–H groups in total. The molecule has 170 valence electrons. The van der Waals surface area contributed by atoms with Crippen molar-refractivity contribution in [2.45, 2.75) is 39.3 Å². The Morgan fingerprint density at radius 2 is 1.87 bits per heavy atom. The first-order valence-corrected chi connectivity index (χ1v) is 13.1. The van der Waals surface area contributed by atoms with Crippen molar-refractivity contribution in [3.05, 3.63) is 16.8 Å². The number of rotatable bonds is 4. The van der Waals surface area contributed by atoms with Crippen molar-refractivity contribution in [3.8, 4) is 0 Å². The molecular formula is C20H29N5O4S2. The average molecular weight is 468 g/mol. The zero-order valence-corrected chi connectivity index (χ0v) is 20.1. The summed E-state index contributed by atoms with van der Waals surface area (Å²) < 4.78 is 30.6. The first-order valence-electron chi connectivity index (χ1n) is 10.4. The molecule has 31 heavy (non-hydrogen) atoms. The van der Waals surface area contributed by atoms with E-state index < -0.39 is 15.6 Å². The van der Waals surface area contributed by atoms with Crippen LogP contribution in [0.5, 0.6) is 0 Å². The van der Waals surface area contributed by atoms with Crippen LogP contribution in [-0.4, -0.2) is 84.7 Å². The molecule has 4 heterocycles. The molecule has 9 nitrogen and oxygen atoms in total. The quantitative estimate of drug-likeness (QED) is 0.624. The van der Waals surface area contributed by atoms with Crippen LogP contribution in [0.15, 0.2) is 6.33 Å². The van der Waals surface area contributed by atoms with Crippen molar-refractivity contribution < 1.29 is 17.9 Å². The van der Waals surface area contributed by atoms with Gasteiger partial charge < -0.3 is 9.64 Å². The standard InChI is InChI=1S/C20H29N5O4S2/c1-20(2,3)29-16(26)12-23-6-5-14-15(11-23)30-19-17(14)18(21-13-22-19)24-7-9-25(10-8-24)31(4,27)28/h13H,5-12H2,1-4H3. The second-order valence-electron chi connectivity index (χ2n) is 9.08. The van der Waals surface area contributed by atoms with Crippen LogP contribution in [0.4, 0.5) is 5.82 Å². The number of carbonyl (C=O) groups is 1. The second kappa shape index (κ2) is 8.27. The highest BCUT2D eigenvalue weighted by Crippen LogP contribution is 2.38. The van der Waals surface area contributed by atoms with Crippen LogP contribution in [0.25, 0.3) is 10.2 Å². The molecule has 0 amide bonds. The summed E-state index contributed by atoms with van der Waals surface area (Å²) >= 11 is 1.65. The largest absolute Gasteiger partial charge is 0.459 e. The minimum atomic E-state index is -3.17. The van der Waals surface area contributed by atoms with Crippen LogP contribution in [0.1, 0.15) is 31.2 Å². The summed E-state index contributed by atoms with van der Waals surface area (Å²) in [4.78, 5) is 27.7. The predicted octanol–water partition coefficient (Wildman–Crippen LogP) is 1.47. The Labute approximate surface area is 187 Å². The monoisotopic (exact) mass is 467 g/mol. The summed E-state index contributed by atoms with van der Waals surface area (Å²) in [7, 11) is -3.17. The van der Waals surface area contributed by atoms with Crippen LogP contribution < -0.4 is 4.90 Å². The third-order valence-corrected chi connectivity index (χ3v) is 7.90. The third-order valence-electron chi connectivity index (χ3n) is 5.48. The maximum atomic E-state index is 12.2. The van der Waals surface area contributed by atoms with Gasteiger partial charge in [0.05, 0.1) is 18.2 Å². The Bertz CT molecular complexity index is 1080. The van der Waals surface area contributed by atoms with Crippen LogP contribution in [0.2, 0.25) is 0 Å².